The van der Waals surface area contributed by atoms with Crippen LogP contribution in [0.2, 0.25) is 0 Å². The molecule has 1 aliphatic rings. The van der Waals surface area contributed by atoms with Crippen molar-refractivity contribution in [2.75, 3.05) is 25.0 Å². The van der Waals surface area contributed by atoms with Crippen molar-refractivity contribution in [2.45, 2.75) is 38.8 Å². The van der Waals surface area contributed by atoms with Gasteiger partial charge in [0.1, 0.15) is 12.1 Å². The van der Waals surface area contributed by atoms with Gasteiger partial charge in [-0.05, 0) is 44.5 Å². The normalized spacial score (nSPS) is 17.7. The zero-order valence-electron chi connectivity index (χ0n) is 16.1. The van der Waals surface area contributed by atoms with Crippen molar-refractivity contribution in [3.8, 4) is 0 Å². The Hall–Kier alpha value is -2.87. The largest absolute Gasteiger partial charge is 0.368 e. The van der Waals surface area contributed by atoms with E-state index in [0.29, 0.717) is 18.2 Å². The summed E-state index contributed by atoms with van der Waals surface area (Å²) in [5, 5.41) is 8.77. The van der Waals surface area contributed by atoms with Crippen molar-refractivity contribution >= 4 is 16.9 Å². The van der Waals surface area contributed by atoms with Crippen LogP contribution in [0, 0.1) is 6.92 Å². The monoisotopic (exact) mass is 379 g/mol. The molecule has 3 aromatic heterocycles. The van der Waals surface area contributed by atoms with E-state index in [4.69, 9.17) is 0 Å². The van der Waals surface area contributed by atoms with Crippen LogP contribution < -0.4 is 10.9 Å². The van der Waals surface area contributed by atoms with Crippen LogP contribution in [0.1, 0.15) is 25.0 Å². The second-order valence-corrected chi connectivity index (χ2v) is 7.20. The number of nitrogens with zero attached hydrogens (tertiary/aromatic N) is 6. The molecule has 0 radical (unpaired) electrons. The summed E-state index contributed by atoms with van der Waals surface area (Å²) in [6, 6.07) is 7.63. The lowest BCUT2D eigenvalue weighted by atomic mass is 10.0. The SMILES string of the molecule is Cc1ccc(=O)n(CCN2CCCCC2CNc2ncnc3ncccc23)n1. The Bertz CT molecular complexity index is 998. The van der Waals surface area contributed by atoms with Crippen LogP contribution >= 0.6 is 0 Å². The fraction of sp³-hybridized carbons (Fsp3) is 0.450. The quantitative estimate of drug-likeness (QED) is 0.699. The Morgan fingerprint density at radius 2 is 2.07 bits per heavy atom. The number of hydrogen-bond acceptors (Lipinski definition) is 7. The van der Waals surface area contributed by atoms with Crippen molar-refractivity contribution < 1.29 is 0 Å². The van der Waals surface area contributed by atoms with E-state index in [1.165, 1.54) is 12.8 Å². The molecule has 28 heavy (non-hydrogen) atoms. The summed E-state index contributed by atoms with van der Waals surface area (Å²) in [5.41, 5.74) is 1.52. The van der Waals surface area contributed by atoms with Gasteiger partial charge in [-0.15, -0.1) is 0 Å². The number of piperidine rings is 1. The van der Waals surface area contributed by atoms with E-state index < -0.39 is 0 Å². The van der Waals surface area contributed by atoms with Gasteiger partial charge in [-0.3, -0.25) is 9.69 Å². The average Bonchev–Trinajstić information content (AvgIpc) is 2.73. The first-order chi connectivity index (χ1) is 13.7. The van der Waals surface area contributed by atoms with E-state index in [2.05, 4.69) is 30.3 Å². The summed E-state index contributed by atoms with van der Waals surface area (Å²) < 4.78 is 1.57. The molecule has 1 fully saturated rings. The lowest BCUT2D eigenvalue weighted by Gasteiger charge is -2.36. The summed E-state index contributed by atoms with van der Waals surface area (Å²) in [6.07, 6.45) is 6.82. The molecule has 0 aromatic carbocycles. The van der Waals surface area contributed by atoms with Gasteiger partial charge in [0.15, 0.2) is 5.65 Å². The van der Waals surface area contributed by atoms with E-state index in [1.54, 1.807) is 29.3 Å². The van der Waals surface area contributed by atoms with Crippen LogP contribution in [0.25, 0.3) is 11.0 Å². The maximum absolute atomic E-state index is 12.0. The smallest absolute Gasteiger partial charge is 0.266 e. The van der Waals surface area contributed by atoms with Crippen molar-refractivity contribution in [2.24, 2.45) is 0 Å². The second-order valence-electron chi connectivity index (χ2n) is 7.20. The molecule has 8 nitrogen and oxygen atoms in total. The lowest BCUT2D eigenvalue weighted by molar-refractivity contribution is 0.148. The van der Waals surface area contributed by atoms with Crippen LogP contribution in [0.4, 0.5) is 5.82 Å². The molecule has 0 bridgehead atoms. The third kappa shape index (κ3) is 4.17. The van der Waals surface area contributed by atoms with E-state index in [0.717, 1.165) is 43.0 Å². The first kappa shape index (κ1) is 18.5. The Labute approximate surface area is 163 Å². The fourth-order valence-electron chi connectivity index (χ4n) is 3.77. The third-order valence-corrected chi connectivity index (χ3v) is 5.26. The van der Waals surface area contributed by atoms with Crippen LogP contribution in [0.3, 0.4) is 0 Å². The highest BCUT2D eigenvalue weighted by atomic mass is 16.1. The minimum absolute atomic E-state index is 0.0442. The Balaban J connectivity index is 1.42. The first-order valence-corrected chi connectivity index (χ1v) is 9.79. The number of aromatic nitrogens is 5. The van der Waals surface area contributed by atoms with Crippen LogP contribution in [-0.4, -0.2) is 55.3 Å². The molecule has 0 saturated carbocycles. The number of rotatable bonds is 6. The van der Waals surface area contributed by atoms with E-state index >= 15 is 0 Å². The number of hydrogen-bond donors (Lipinski definition) is 1. The first-order valence-electron chi connectivity index (χ1n) is 9.79. The predicted molar refractivity (Wildman–Crippen MR) is 108 cm³/mol. The van der Waals surface area contributed by atoms with Crippen LogP contribution in [-0.2, 0) is 6.54 Å². The average molecular weight is 379 g/mol. The highest BCUT2D eigenvalue weighted by molar-refractivity contribution is 5.85. The zero-order chi connectivity index (χ0) is 19.3. The molecular weight excluding hydrogens is 354 g/mol. The van der Waals surface area contributed by atoms with Crippen LogP contribution in [0.5, 0.6) is 0 Å². The summed E-state index contributed by atoms with van der Waals surface area (Å²) in [5.74, 6) is 0.820. The lowest BCUT2D eigenvalue weighted by Crippen LogP contribution is -2.45. The highest BCUT2D eigenvalue weighted by Gasteiger charge is 2.22. The van der Waals surface area contributed by atoms with Crippen molar-refractivity contribution in [3.63, 3.8) is 0 Å². The minimum Gasteiger partial charge on any atom is -0.368 e. The number of pyridine rings is 1. The molecule has 0 amide bonds. The second kappa shape index (κ2) is 8.43. The Morgan fingerprint density at radius 3 is 3.00 bits per heavy atom. The van der Waals surface area contributed by atoms with Gasteiger partial charge < -0.3 is 5.32 Å². The van der Waals surface area contributed by atoms with Gasteiger partial charge in [0.05, 0.1) is 17.6 Å². The van der Waals surface area contributed by atoms with Gasteiger partial charge in [-0.25, -0.2) is 19.6 Å². The molecular formula is C20H25N7O. The molecule has 8 heteroatoms. The molecule has 4 rings (SSSR count). The maximum atomic E-state index is 12.0. The third-order valence-electron chi connectivity index (χ3n) is 5.26. The molecule has 0 spiro atoms. The van der Waals surface area contributed by atoms with Gasteiger partial charge in [0, 0.05) is 31.4 Å². The van der Waals surface area contributed by atoms with Gasteiger partial charge >= 0.3 is 0 Å². The molecule has 146 valence electrons. The van der Waals surface area contributed by atoms with Crippen molar-refractivity contribution in [1.82, 2.24) is 29.6 Å². The number of anilines is 1. The molecule has 1 unspecified atom stereocenters. The van der Waals surface area contributed by atoms with Gasteiger partial charge in [-0.2, -0.15) is 5.10 Å². The number of fused-ring (bicyclic) bond motifs is 1. The summed E-state index contributed by atoms with van der Waals surface area (Å²) in [4.78, 5) is 27.4. The van der Waals surface area contributed by atoms with Gasteiger partial charge in [-0.1, -0.05) is 6.42 Å². The van der Waals surface area contributed by atoms with Crippen molar-refractivity contribution in [1.29, 1.82) is 0 Å². The molecule has 4 heterocycles. The molecule has 1 atom stereocenters. The van der Waals surface area contributed by atoms with Crippen molar-refractivity contribution in [3.05, 3.63) is 52.8 Å². The number of aryl methyl sites for hydroxylation is 1. The molecule has 1 aliphatic heterocycles. The molecule has 1 N–H and O–H groups in total. The Morgan fingerprint density at radius 1 is 1.14 bits per heavy atom. The molecule has 3 aromatic rings. The number of likely N-dealkylation sites (tertiary alicyclic amines) is 1. The number of nitrogens with one attached hydrogen (secondary N) is 1. The van der Waals surface area contributed by atoms with E-state index in [1.807, 2.05) is 19.1 Å². The van der Waals surface area contributed by atoms with E-state index in [-0.39, 0.29) is 5.56 Å². The fourth-order valence-corrected chi connectivity index (χ4v) is 3.77. The summed E-state index contributed by atoms with van der Waals surface area (Å²) in [7, 11) is 0. The molecule has 0 aliphatic carbocycles. The molecule has 1 saturated heterocycles. The van der Waals surface area contributed by atoms with Gasteiger partial charge in [0.25, 0.3) is 5.56 Å². The summed E-state index contributed by atoms with van der Waals surface area (Å²) in [6.45, 7) is 5.17. The zero-order valence-corrected chi connectivity index (χ0v) is 16.1. The van der Waals surface area contributed by atoms with E-state index in [9.17, 15) is 4.79 Å². The predicted octanol–water partition coefficient (Wildman–Crippen LogP) is 1.86. The Kier molecular flexibility index (Phi) is 5.57. The standard InChI is InChI=1S/C20H25N7O/c1-15-7-8-18(28)27(25-15)12-11-26-10-3-2-5-16(26)13-22-20-17-6-4-9-21-19(17)23-14-24-20/h4,6-9,14,16H,2-3,5,10-13H2,1H3,(H,21,22,23,24). The highest BCUT2D eigenvalue weighted by Crippen LogP contribution is 2.20. The van der Waals surface area contributed by atoms with Crippen LogP contribution in [0.15, 0.2) is 41.6 Å². The minimum atomic E-state index is -0.0442. The maximum Gasteiger partial charge on any atom is 0.266 e. The topological polar surface area (TPSA) is 88.8 Å². The van der Waals surface area contributed by atoms with Gasteiger partial charge in [0.2, 0.25) is 0 Å². The summed E-state index contributed by atoms with van der Waals surface area (Å²) >= 11 is 0.